The Morgan fingerprint density at radius 1 is 0.947 bits per heavy atom. The van der Waals surface area contributed by atoms with Gasteiger partial charge in [0, 0.05) is 5.56 Å². The number of benzene rings is 2. The van der Waals surface area contributed by atoms with Gasteiger partial charge in [0.2, 0.25) is 0 Å². The maximum absolute atomic E-state index is 11.4. The van der Waals surface area contributed by atoms with Crippen molar-refractivity contribution in [1.82, 2.24) is 0 Å². The molecule has 2 rings (SSSR count). The van der Waals surface area contributed by atoms with Crippen molar-refractivity contribution in [3.63, 3.8) is 0 Å². The monoisotopic (exact) mass is 276 g/mol. The zero-order valence-electron chi connectivity index (χ0n) is 10.6. The molecule has 0 fully saturated rings. The predicted molar refractivity (Wildman–Crippen MR) is 75.2 cm³/mol. The maximum atomic E-state index is 11.4. The zero-order valence-corrected chi connectivity index (χ0v) is 11.4. The SMILES string of the molecule is COc1c(C(=O)Cl)ccc(-c2ccccc2)c1OC. The molecule has 98 valence electrons. The molecule has 0 amide bonds. The van der Waals surface area contributed by atoms with Gasteiger partial charge in [0.15, 0.2) is 11.5 Å². The molecule has 0 bridgehead atoms. The second-order valence-electron chi connectivity index (χ2n) is 3.87. The number of ether oxygens (including phenoxy) is 2. The standard InChI is InChI=1S/C15H13ClO3/c1-18-13-11(10-6-4-3-5-7-10)8-9-12(15(16)17)14(13)19-2/h3-9H,1-2H3. The fourth-order valence-corrected chi connectivity index (χ4v) is 2.12. The molecule has 0 atom stereocenters. The van der Waals surface area contributed by atoms with Crippen LogP contribution in [0.15, 0.2) is 42.5 Å². The van der Waals surface area contributed by atoms with E-state index in [9.17, 15) is 4.79 Å². The van der Waals surface area contributed by atoms with E-state index in [1.165, 1.54) is 14.2 Å². The molecule has 4 heteroatoms. The second-order valence-corrected chi connectivity index (χ2v) is 4.21. The van der Waals surface area contributed by atoms with Crippen LogP contribution >= 0.6 is 11.6 Å². The van der Waals surface area contributed by atoms with Crippen molar-refractivity contribution in [2.45, 2.75) is 0 Å². The Bertz CT molecular complexity index is 594. The van der Waals surface area contributed by atoms with Gasteiger partial charge in [-0.15, -0.1) is 0 Å². The fraction of sp³-hybridized carbons (Fsp3) is 0.133. The zero-order chi connectivity index (χ0) is 13.8. The molecule has 0 aromatic heterocycles. The first-order valence-corrected chi connectivity index (χ1v) is 6.07. The van der Waals surface area contributed by atoms with Gasteiger partial charge in [-0.05, 0) is 29.3 Å². The van der Waals surface area contributed by atoms with Crippen LogP contribution in [0.2, 0.25) is 0 Å². The Kier molecular flexibility index (Phi) is 4.07. The van der Waals surface area contributed by atoms with Crippen LogP contribution in [0.5, 0.6) is 11.5 Å². The van der Waals surface area contributed by atoms with Crippen LogP contribution < -0.4 is 9.47 Å². The van der Waals surface area contributed by atoms with Crippen LogP contribution in [0, 0.1) is 0 Å². The van der Waals surface area contributed by atoms with Crippen molar-refractivity contribution >= 4 is 16.8 Å². The summed E-state index contributed by atoms with van der Waals surface area (Å²) in [7, 11) is 3.02. The molecule has 0 aliphatic rings. The van der Waals surface area contributed by atoms with E-state index in [0.29, 0.717) is 17.1 Å². The highest BCUT2D eigenvalue weighted by Crippen LogP contribution is 2.40. The summed E-state index contributed by atoms with van der Waals surface area (Å²) in [5.41, 5.74) is 2.12. The molecule has 0 heterocycles. The Morgan fingerprint density at radius 3 is 2.11 bits per heavy atom. The van der Waals surface area contributed by atoms with Gasteiger partial charge in [-0.3, -0.25) is 4.79 Å². The molecule has 2 aromatic rings. The topological polar surface area (TPSA) is 35.5 Å². The molecule has 0 saturated carbocycles. The minimum atomic E-state index is -0.574. The molecule has 0 aliphatic carbocycles. The average molecular weight is 277 g/mol. The van der Waals surface area contributed by atoms with Crippen LogP contribution in [-0.4, -0.2) is 19.5 Å². The van der Waals surface area contributed by atoms with Gasteiger partial charge in [-0.2, -0.15) is 0 Å². The van der Waals surface area contributed by atoms with Crippen molar-refractivity contribution in [3.8, 4) is 22.6 Å². The van der Waals surface area contributed by atoms with E-state index in [0.717, 1.165) is 11.1 Å². The van der Waals surface area contributed by atoms with E-state index >= 15 is 0 Å². The van der Waals surface area contributed by atoms with Crippen LogP contribution in [0.4, 0.5) is 0 Å². The lowest BCUT2D eigenvalue weighted by Gasteiger charge is -2.15. The normalized spacial score (nSPS) is 10.1. The van der Waals surface area contributed by atoms with Crippen molar-refractivity contribution in [2.24, 2.45) is 0 Å². The highest BCUT2D eigenvalue weighted by molar-refractivity contribution is 6.68. The minimum Gasteiger partial charge on any atom is -0.492 e. The van der Waals surface area contributed by atoms with Crippen molar-refractivity contribution in [1.29, 1.82) is 0 Å². The summed E-state index contributed by atoms with van der Waals surface area (Å²) < 4.78 is 10.6. The van der Waals surface area contributed by atoms with Crippen molar-refractivity contribution < 1.29 is 14.3 Å². The summed E-state index contributed by atoms with van der Waals surface area (Å²) in [6, 6.07) is 13.2. The second kappa shape index (κ2) is 5.76. The fourth-order valence-electron chi connectivity index (χ4n) is 1.97. The van der Waals surface area contributed by atoms with Gasteiger partial charge in [0.05, 0.1) is 19.8 Å². The summed E-state index contributed by atoms with van der Waals surface area (Å²) in [5, 5.41) is -0.574. The highest BCUT2D eigenvalue weighted by Gasteiger charge is 2.19. The lowest BCUT2D eigenvalue weighted by Crippen LogP contribution is -2.00. The quantitative estimate of drug-likeness (QED) is 0.798. The first kappa shape index (κ1) is 13.4. The molecule has 19 heavy (non-hydrogen) atoms. The first-order chi connectivity index (χ1) is 9.19. The molecule has 0 spiro atoms. The summed E-state index contributed by atoms with van der Waals surface area (Å²) >= 11 is 5.54. The summed E-state index contributed by atoms with van der Waals surface area (Å²) in [6.07, 6.45) is 0. The third-order valence-corrected chi connectivity index (χ3v) is 3.02. The number of hydrogen-bond donors (Lipinski definition) is 0. The predicted octanol–water partition coefficient (Wildman–Crippen LogP) is 3.75. The number of carbonyl (C=O) groups is 1. The van der Waals surface area contributed by atoms with Gasteiger partial charge in [0.25, 0.3) is 5.24 Å². The van der Waals surface area contributed by atoms with Crippen LogP contribution in [-0.2, 0) is 0 Å². The first-order valence-electron chi connectivity index (χ1n) is 5.69. The van der Waals surface area contributed by atoms with E-state index in [1.807, 2.05) is 30.3 Å². The molecular formula is C15H13ClO3. The number of halogens is 1. The summed E-state index contributed by atoms with van der Waals surface area (Å²) in [4.78, 5) is 11.4. The number of rotatable bonds is 4. The van der Waals surface area contributed by atoms with Crippen LogP contribution in [0.1, 0.15) is 10.4 Å². The van der Waals surface area contributed by atoms with Crippen molar-refractivity contribution in [2.75, 3.05) is 14.2 Å². The lowest BCUT2D eigenvalue weighted by molar-refractivity contribution is 0.107. The largest absolute Gasteiger partial charge is 0.492 e. The van der Waals surface area contributed by atoms with Crippen LogP contribution in [0.3, 0.4) is 0 Å². The third-order valence-electron chi connectivity index (χ3n) is 2.82. The third kappa shape index (κ3) is 2.56. The highest BCUT2D eigenvalue weighted by atomic mass is 35.5. The molecular weight excluding hydrogens is 264 g/mol. The Labute approximate surface area is 116 Å². The molecule has 0 N–H and O–H groups in total. The lowest BCUT2D eigenvalue weighted by atomic mass is 10.0. The smallest absolute Gasteiger partial charge is 0.256 e. The van der Waals surface area contributed by atoms with E-state index in [1.54, 1.807) is 12.1 Å². The molecule has 0 saturated heterocycles. The summed E-state index contributed by atoms with van der Waals surface area (Å²) in [6.45, 7) is 0. The Morgan fingerprint density at radius 2 is 1.58 bits per heavy atom. The van der Waals surface area contributed by atoms with Gasteiger partial charge in [-0.1, -0.05) is 30.3 Å². The molecule has 0 unspecified atom stereocenters. The number of hydrogen-bond acceptors (Lipinski definition) is 3. The van der Waals surface area contributed by atoms with Gasteiger partial charge >= 0.3 is 0 Å². The minimum absolute atomic E-state index is 0.292. The average Bonchev–Trinajstić information content (AvgIpc) is 2.46. The van der Waals surface area contributed by atoms with Gasteiger partial charge in [-0.25, -0.2) is 0 Å². The Balaban J connectivity index is 2.67. The molecule has 2 aromatic carbocycles. The Hall–Kier alpha value is -2.00. The molecule has 0 aliphatic heterocycles. The summed E-state index contributed by atoms with van der Waals surface area (Å²) in [5.74, 6) is 0.851. The van der Waals surface area contributed by atoms with E-state index < -0.39 is 5.24 Å². The maximum Gasteiger partial charge on any atom is 0.256 e. The molecule has 3 nitrogen and oxygen atoms in total. The van der Waals surface area contributed by atoms with Gasteiger partial charge in [0.1, 0.15) is 0 Å². The number of methoxy groups -OCH3 is 2. The number of carbonyl (C=O) groups excluding carboxylic acids is 1. The van der Waals surface area contributed by atoms with E-state index in [4.69, 9.17) is 21.1 Å². The van der Waals surface area contributed by atoms with Crippen molar-refractivity contribution in [3.05, 3.63) is 48.0 Å². The van der Waals surface area contributed by atoms with E-state index in [-0.39, 0.29) is 0 Å². The van der Waals surface area contributed by atoms with E-state index in [2.05, 4.69) is 0 Å². The molecule has 0 radical (unpaired) electrons. The van der Waals surface area contributed by atoms with Gasteiger partial charge < -0.3 is 9.47 Å². The van der Waals surface area contributed by atoms with Crippen LogP contribution in [0.25, 0.3) is 11.1 Å².